The highest BCUT2D eigenvalue weighted by atomic mass is 32.2. The number of hydrogen-bond donors (Lipinski definition) is 2. The molecule has 4 rings (SSSR count). The normalized spacial score (nSPS) is 16.8. The quantitative estimate of drug-likeness (QED) is 0.518. The van der Waals surface area contributed by atoms with Crippen molar-refractivity contribution in [2.45, 2.75) is 31.2 Å². The molecule has 1 aliphatic heterocycles. The fourth-order valence-electron chi connectivity index (χ4n) is 4.09. The van der Waals surface area contributed by atoms with Crippen LogP contribution in [0.5, 0.6) is 0 Å². The van der Waals surface area contributed by atoms with Crippen LogP contribution in [0.2, 0.25) is 0 Å². The van der Waals surface area contributed by atoms with Crippen molar-refractivity contribution in [3.05, 3.63) is 90.0 Å². The lowest BCUT2D eigenvalue weighted by Gasteiger charge is -2.30. The maximum absolute atomic E-state index is 12.6. The molecule has 6 nitrogen and oxygen atoms in total. The lowest BCUT2D eigenvalue weighted by atomic mass is 9.99. The first kappa shape index (κ1) is 23.0. The standard InChI is InChI=1S/C26H29N3O3S/c1-20-6-5-17-29(18-20)19-21-9-11-22(12-10-21)26(30)27-23-13-15-25(16-14-23)33(31,32)28-24-7-3-2-4-8-24/h2-4,7-16,20,28H,5-6,17-19H2,1H3,(H,27,30)/t20-/m1/s1. The number of sulfonamides is 1. The van der Waals surface area contributed by atoms with Gasteiger partial charge in [0, 0.05) is 30.0 Å². The maximum atomic E-state index is 12.6. The Bertz CT molecular complexity index is 1180. The fraction of sp³-hybridized carbons (Fsp3) is 0.269. The number of piperidine rings is 1. The molecule has 1 amide bonds. The first-order valence-corrected chi connectivity index (χ1v) is 12.7. The molecule has 1 atom stereocenters. The van der Waals surface area contributed by atoms with Crippen molar-refractivity contribution in [2.75, 3.05) is 23.1 Å². The van der Waals surface area contributed by atoms with E-state index in [1.165, 1.54) is 30.5 Å². The van der Waals surface area contributed by atoms with Crippen LogP contribution in [0.1, 0.15) is 35.7 Å². The number of carbonyl (C=O) groups is 1. The van der Waals surface area contributed by atoms with Gasteiger partial charge in [0.05, 0.1) is 4.90 Å². The van der Waals surface area contributed by atoms with Crippen molar-refractivity contribution >= 4 is 27.3 Å². The molecule has 0 unspecified atom stereocenters. The Labute approximate surface area is 195 Å². The molecule has 0 aromatic heterocycles. The van der Waals surface area contributed by atoms with Gasteiger partial charge in [-0.05, 0) is 79.4 Å². The molecule has 7 heteroatoms. The van der Waals surface area contributed by atoms with Gasteiger partial charge in [-0.1, -0.05) is 37.3 Å². The molecular weight excluding hydrogens is 434 g/mol. The smallest absolute Gasteiger partial charge is 0.261 e. The summed E-state index contributed by atoms with van der Waals surface area (Å²) in [5.74, 6) is 0.505. The molecule has 1 saturated heterocycles. The SMILES string of the molecule is C[C@@H]1CCCN(Cc2ccc(C(=O)Nc3ccc(S(=O)(=O)Nc4ccccc4)cc3)cc2)C1. The Balaban J connectivity index is 1.35. The number of para-hydroxylation sites is 1. The molecule has 2 N–H and O–H groups in total. The number of likely N-dealkylation sites (tertiary alicyclic amines) is 1. The lowest BCUT2D eigenvalue weighted by molar-refractivity contribution is 0.102. The van der Waals surface area contributed by atoms with Gasteiger partial charge in [-0.15, -0.1) is 0 Å². The Morgan fingerprint density at radius 2 is 1.64 bits per heavy atom. The molecule has 0 saturated carbocycles. The van der Waals surface area contributed by atoms with Crippen LogP contribution in [-0.4, -0.2) is 32.3 Å². The van der Waals surface area contributed by atoms with Crippen molar-refractivity contribution in [3.63, 3.8) is 0 Å². The van der Waals surface area contributed by atoms with E-state index in [2.05, 4.69) is 21.9 Å². The van der Waals surface area contributed by atoms with E-state index in [0.29, 0.717) is 16.9 Å². The van der Waals surface area contributed by atoms with Gasteiger partial charge >= 0.3 is 0 Å². The van der Waals surface area contributed by atoms with Crippen LogP contribution < -0.4 is 10.0 Å². The summed E-state index contributed by atoms with van der Waals surface area (Å²) in [6, 6.07) is 22.5. The number of hydrogen-bond acceptors (Lipinski definition) is 4. The van der Waals surface area contributed by atoms with E-state index < -0.39 is 10.0 Å². The molecular formula is C26H29N3O3S. The number of nitrogens with one attached hydrogen (secondary N) is 2. The zero-order valence-corrected chi connectivity index (χ0v) is 19.5. The second kappa shape index (κ2) is 10.2. The Morgan fingerprint density at radius 3 is 2.30 bits per heavy atom. The second-order valence-corrected chi connectivity index (χ2v) is 10.3. The Hall–Kier alpha value is -3.16. The van der Waals surface area contributed by atoms with Gasteiger partial charge in [-0.2, -0.15) is 0 Å². The molecule has 33 heavy (non-hydrogen) atoms. The van der Waals surface area contributed by atoms with E-state index in [1.807, 2.05) is 30.3 Å². The summed E-state index contributed by atoms with van der Waals surface area (Å²) in [6.07, 6.45) is 2.54. The topological polar surface area (TPSA) is 78.5 Å². The van der Waals surface area contributed by atoms with Gasteiger partial charge in [0.25, 0.3) is 15.9 Å². The number of amides is 1. The molecule has 172 valence electrons. The molecule has 1 fully saturated rings. The zero-order chi connectivity index (χ0) is 23.3. The number of anilines is 2. The van der Waals surface area contributed by atoms with E-state index in [9.17, 15) is 13.2 Å². The predicted molar refractivity (Wildman–Crippen MR) is 132 cm³/mol. The molecule has 0 radical (unpaired) electrons. The minimum Gasteiger partial charge on any atom is -0.322 e. The third-order valence-corrected chi connectivity index (χ3v) is 7.21. The van der Waals surface area contributed by atoms with Crippen molar-refractivity contribution in [2.24, 2.45) is 5.92 Å². The molecule has 0 bridgehead atoms. The molecule has 1 heterocycles. The summed E-state index contributed by atoms with van der Waals surface area (Å²) in [6.45, 7) is 5.44. The molecule has 0 spiro atoms. The maximum Gasteiger partial charge on any atom is 0.261 e. The summed E-state index contributed by atoms with van der Waals surface area (Å²) in [4.78, 5) is 15.2. The Kier molecular flexibility index (Phi) is 7.11. The summed E-state index contributed by atoms with van der Waals surface area (Å²) < 4.78 is 27.6. The monoisotopic (exact) mass is 463 g/mol. The summed E-state index contributed by atoms with van der Waals surface area (Å²) in [7, 11) is -3.70. The molecule has 1 aliphatic rings. The Morgan fingerprint density at radius 1 is 0.939 bits per heavy atom. The predicted octanol–water partition coefficient (Wildman–Crippen LogP) is 4.97. The highest BCUT2D eigenvalue weighted by molar-refractivity contribution is 7.92. The molecule has 3 aromatic rings. The highest BCUT2D eigenvalue weighted by Gasteiger charge is 2.17. The highest BCUT2D eigenvalue weighted by Crippen LogP contribution is 2.20. The van der Waals surface area contributed by atoms with Crippen LogP contribution in [0.3, 0.4) is 0 Å². The first-order chi connectivity index (χ1) is 15.9. The third-order valence-electron chi connectivity index (χ3n) is 5.81. The summed E-state index contributed by atoms with van der Waals surface area (Å²) in [5, 5.41) is 2.83. The second-order valence-electron chi connectivity index (χ2n) is 8.63. The van der Waals surface area contributed by atoms with Gasteiger partial charge in [0.1, 0.15) is 0 Å². The van der Waals surface area contributed by atoms with E-state index >= 15 is 0 Å². The van der Waals surface area contributed by atoms with E-state index in [1.54, 1.807) is 36.4 Å². The van der Waals surface area contributed by atoms with Crippen molar-refractivity contribution < 1.29 is 13.2 Å². The van der Waals surface area contributed by atoms with Gasteiger partial charge < -0.3 is 5.32 Å². The molecule has 3 aromatic carbocycles. The largest absolute Gasteiger partial charge is 0.322 e. The first-order valence-electron chi connectivity index (χ1n) is 11.2. The van der Waals surface area contributed by atoms with Crippen LogP contribution in [0, 0.1) is 5.92 Å². The van der Waals surface area contributed by atoms with Gasteiger partial charge in [-0.25, -0.2) is 8.42 Å². The number of nitrogens with zero attached hydrogens (tertiary/aromatic N) is 1. The van der Waals surface area contributed by atoms with Crippen LogP contribution in [0.4, 0.5) is 11.4 Å². The summed E-state index contributed by atoms with van der Waals surface area (Å²) >= 11 is 0. The lowest BCUT2D eigenvalue weighted by Crippen LogP contribution is -2.33. The van der Waals surface area contributed by atoms with Crippen molar-refractivity contribution in [3.8, 4) is 0 Å². The van der Waals surface area contributed by atoms with Crippen molar-refractivity contribution in [1.29, 1.82) is 0 Å². The van der Waals surface area contributed by atoms with Gasteiger partial charge in [0.15, 0.2) is 0 Å². The zero-order valence-electron chi connectivity index (χ0n) is 18.7. The third kappa shape index (κ3) is 6.21. The number of rotatable bonds is 7. The summed E-state index contributed by atoms with van der Waals surface area (Å²) in [5.41, 5.74) is 2.78. The van der Waals surface area contributed by atoms with Gasteiger partial charge in [0.2, 0.25) is 0 Å². The van der Waals surface area contributed by atoms with Crippen molar-refractivity contribution in [1.82, 2.24) is 4.90 Å². The van der Waals surface area contributed by atoms with Crippen LogP contribution in [0.25, 0.3) is 0 Å². The van der Waals surface area contributed by atoms with Gasteiger partial charge in [-0.3, -0.25) is 14.4 Å². The average molecular weight is 464 g/mol. The van der Waals surface area contributed by atoms with Crippen LogP contribution >= 0.6 is 0 Å². The number of carbonyl (C=O) groups excluding carboxylic acids is 1. The van der Waals surface area contributed by atoms with Crippen LogP contribution in [-0.2, 0) is 16.6 Å². The minimum atomic E-state index is -3.70. The van der Waals surface area contributed by atoms with E-state index in [4.69, 9.17) is 0 Å². The fourth-order valence-corrected chi connectivity index (χ4v) is 5.15. The average Bonchev–Trinajstić information content (AvgIpc) is 2.80. The molecule has 0 aliphatic carbocycles. The van der Waals surface area contributed by atoms with E-state index in [0.717, 1.165) is 25.6 Å². The number of benzene rings is 3. The van der Waals surface area contributed by atoms with Crippen LogP contribution in [0.15, 0.2) is 83.8 Å². The minimum absolute atomic E-state index is 0.126. The van der Waals surface area contributed by atoms with E-state index in [-0.39, 0.29) is 10.8 Å².